The number of likely N-dealkylation sites (N-methyl/N-ethyl adjacent to an activating group) is 1. The summed E-state index contributed by atoms with van der Waals surface area (Å²) in [5.41, 5.74) is 12.5. The quantitative estimate of drug-likeness (QED) is 0.164. The molecular weight excluding hydrogens is 700 g/mol. The molecule has 0 bridgehead atoms. The van der Waals surface area contributed by atoms with Crippen LogP contribution in [0.2, 0.25) is 0 Å². The van der Waals surface area contributed by atoms with Crippen molar-refractivity contribution in [2.24, 2.45) is 0 Å². The fourth-order valence-corrected chi connectivity index (χ4v) is 8.42. The Bertz CT molecular complexity index is 2410. The largest absolute Gasteiger partial charge is 0.462 e. The van der Waals surface area contributed by atoms with Gasteiger partial charge in [0.25, 0.3) is 0 Å². The molecule has 3 heterocycles. The molecule has 0 saturated heterocycles. The van der Waals surface area contributed by atoms with Crippen LogP contribution in [0.15, 0.2) is 174 Å². The highest BCUT2D eigenvalue weighted by Crippen LogP contribution is 2.55. The van der Waals surface area contributed by atoms with Gasteiger partial charge in [0.05, 0.1) is 5.41 Å². The lowest BCUT2D eigenvalue weighted by atomic mass is 9.76. The fraction of sp³-hybridized carbons (Fsp3) is 0.104. The third-order valence-electron chi connectivity index (χ3n) is 10.9. The highest BCUT2D eigenvalue weighted by Gasteiger charge is 2.57. The van der Waals surface area contributed by atoms with Gasteiger partial charge in [-0.05, 0) is 90.7 Å². The van der Waals surface area contributed by atoms with E-state index in [4.69, 9.17) is 4.74 Å². The summed E-state index contributed by atoms with van der Waals surface area (Å²) in [5.74, 6) is 0.889. The Labute approximate surface area is 314 Å². The Kier molecular flexibility index (Phi) is 7.75. The maximum atomic E-state index is 7.41. The number of anilines is 1. The van der Waals surface area contributed by atoms with Crippen LogP contribution in [0.5, 0.6) is 5.75 Å². The highest BCUT2D eigenvalue weighted by molar-refractivity contribution is 9.10. The van der Waals surface area contributed by atoms with E-state index in [9.17, 15) is 0 Å². The summed E-state index contributed by atoms with van der Waals surface area (Å²) in [6, 6.07) is 58.6. The number of rotatable bonds is 5. The molecule has 4 heteroatoms. The van der Waals surface area contributed by atoms with Gasteiger partial charge in [0.2, 0.25) is 22.8 Å². The van der Waals surface area contributed by atoms with E-state index in [1.807, 2.05) is 0 Å². The molecule has 252 valence electrons. The van der Waals surface area contributed by atoms with Crippen LogP contribution in [0.25, 0.3) is 56.5 Å². The normalized spacial score (nSPS) is 16.7. The number of halogens is 1. The van der Waals surface area contributed by atoms with Crippen molar-refractivity contribution in [2.45, 2.75) is 25.0 Å². The Morgan fingerprint density at radius 1 is 0.577 bits per heavy atom. The van der Waals surface area contributed by atoms with E-state index >= 15 is 0 Å². The van der Waals surface area contributed by atoms with Crippen LogP contribution in [0.4, 0.5) is 5.69 Å². The molecule has 3 nitrogen and oxygen atoms in total. The average Bonchev–Trinajstić information content (AvgIpc) is 3.35. The van der Waals surface area contributed by atoms with Gasteiger partial charge >= 0.3 is 0 Å². The van der Waals surface area contributed by atoms with Crippen LogP contribution < -0.4 is 14.2 Å². The number of pyridine rings is 1. The van der Waals surface area contributed by atoms with Crippen molar-refractivity contribution in [1.29, 1.82) is 0 Å². The van der Waals surface area contributed by atoms with Crippen molar-refractivity contribution in [2.75, 3.05) is 11.9 Å². The Balaban J connectivity index is 1.32. The summed E-state index contributed by atoms with van der Waals surface area (Å²) in [6.45, 7) is 4.59. The van der Waals surface area contributed by atoms with Gasteiger partial charge < -0.3 is 9.64 Å². The van der Waals surface area contributed by atoms with E-state index in [2.05, 4.69) is 222 Å². The minimum absolute atomic E-state index is 0.308. The molecule has 2 aliphatic heterocycles. The zero-order valence-electron chi connectivity index (χ0n) is 29.4. The third-order valence-corrected chi connectivity index (χ3v) is 11.4. The molecule has 0 amide bonds. The number of hydrogen-bond acceptors (Lipinski definition) is 2. The number of ether oxygens (including phenoxy) is 1. The van der Waals surface area contributed by atoms with Gasteiger partial charge in [-0.1, -0.05) is 113 Å². The lowest BCUT2D eigenvalue weighted by Gasteiger charge is -2.46. The monoisotopic (exact) mass is 737 g/mol. The van der Waals surface area contributed by atoms with Crippen molar-refractivity contribution < 1.29 is 9.30 Å². The number of benzene rings is 6. The predicted molar refractivity (Wildman–Crippen MR) is 218 cm³/mol. The van der Waals surface area contributed by atoms with Crippen molar-refractivity contribution in [1.82, 2.24) is 0 Å². The second kappa shape index (κ2) is 12.5. The standard InChI is InChI=1S/C48H38BrN2O/c1-47(2)42-21-13-14-22-43(42)50(3)48(47)28-27-37-29-40(32-41(46(37)52-48)34-15-7-4-8-16-34)51-44(35-17-9-5-10-18-35)30-38(33-23-25-39(49)26-24-33)31-45(51)36-19-11-6-12-20-36/h4-32H,1-3H3/q+1. The molecule has 9 rings (SSSR count). The summed E-state index contributed by atoms with van der Waals surface area (Å²) in [7, 11) is 2.15. The topological polar surface area (TPSA) is 16.4 Å². The number of aromatic nitrogens is 1. The Hall–Kier alpha value is -5.71. The zero-order valence-corrected chi connectivity index (χ0v) is 31.0. The third kappa shape index (κ3) is 5.12. The van der Waals surface area contributed by atoms with Crippen LogP contribution >= 0.6 is 15.9 Å². The van der Waals surface area contributed by atoms with Crippen LogP contribution in [0.3, 0.4) is 0 Å². The molecule has 1 atom stereocenters. The van der Waals surface area contributed by atoms with Gasteiger partial charge in [0.15, 0.2) is 0 Å². The molecule has 7 aromatic rings. The number of para-hydroxylation sites is 1. The second-order valence-electron chi connectivity index (χ2n) is 14.2. The van der Waals surface area contributed by atoms with E-state index in [1.54, 1.807) is 0 Å². The number of nitrogens with zero attached hydrogens (tertiary/aromatic N) is 2. The van der Waals surface area contributed by atoms with Crippen molar-refractivity contribution in [3.63, 3.8) is 0 Å². The van der Waals surface area contributed by atoms with Crippen molar-refractivity contribution >= 4 is 27.7 Å². The molecule has 52 heavy (non-hydrogen) atoms. The highest BCUT2D eigenvalue weighted by atomic mass is 79.9. The molecule has 1 aromatic heterocycles. The van der Waals surface area contributed by atoms with Gasteiger partial charge in [-0.15, -0.1) is 0 Å². The number of fused-ring (bicyclic) bond motifs is 2. The van der Waals surface area contributed by atoms with Crippen molar-refractivity contribution in [3.8, 4) is 56.2 Å². The predicted octanol–water partition coefficient (Wildman–Crippen LogP) is 11.9. The first-order chi connectivity index (χ1) is 25.3. The van der Waals surface area contributed by atoms with E-state index in [1.165, 1.54) is 11.3 Å². The summed E-state index contributed by atoms with van der Waals surface area (Å²) < 4.78 is 10.9. The molecular formula is C48H38BrN2O+. The summed E-state index contributed by atoms with van der Waals surface area (Å²) >= 11 is 3.63. The smallest absolute Gasteiger partial charge is 0.219 e. The first kappa shape index (κ1) is 32.2. The minimum Gasteiger partial charge on any atom is -0.462 e. The molecule has 0 fully saturated rings. The van der Waals surface area contributed by atoms with Gasteiger partial charge in [-0.2, -0.15) is 4.57 Å². The lowest BCUT2D eigenvalue weighted by molar-refractivity contribution is -0.572. The second-order valence-corrected chi connectivity index (χ2v) is 15.1. The first-order valence-corrected chi connectivity index (χ1v) is 18.6. The van der Waals surface area contributed by atoms with Crippen molar-refractivity contribution in [3.05, 3.63) is 185 Å². The molecule has 1 spiro atoms. The molecule has 0 aliphatic carbocycles. The van der Waals surface area contributed by atoms with Gasteiger partial charge in [-0.3, -0.25) is 0 Å². The maximum Gasteiger partial charge on any atom is 0.219 e. The summed E-state index contributed by atoms with van der Waals surface area (Å²) in [6.07, 6.45) is 4.55. The minimum atomic E-state index is -0.696. The Morgan fingerprint density at radius 3 is 1.73 bits per heavy atom. The van der Waals surface area contributed by atoms with Gasteiger partial charge in [0.1, 0.15) is 5.75 Å². The fourth-order valence-electron chi connectivity index (χ4n) is 8.15. The van der Waals surface area contributed by atoms with Gasteiger partial charge in [0, 0.05) is 63.7 Å². The molecule has 1 unspecified atom stereocenters. The Morgan fingerprint density at radius 2 is 1.13 bits per heavy atom. The molecule has 0 N–H and O–H groups in total. The number of hydrogen-bond donors (Lipinski definition) is 0. The molecule has 0 radical (unpaired) electrons. The molecule has 2 aliphatic rings. The first-order valence-electron chi connectivity index (χ1n) is 17.8. The van der Waals surface area contributed by atoms with E-state index < -0.39 is 5.72 Å². The zero-order chi connectivity index (χ0) is 35.5. The molecule has 6 aromatic carbocycles. The van der Waals surface area contributed by atoms with E-state index in [-0.39, 0.29) is 5.41 Å². The maximum absolute atomic E-state index is 7.41. The van der Waals surface area contributed by atoms with Crippen LogP contribution in [0.1, 0.15) is 25.0 Å². The van der Waals surface area contributed by atoms with Crippen LogP contribution in [-0.2, 0) is 5.41 Å². The lowest BCUT2D eigenvalue weighted by Crippen LogP contribution is -2.58. The van der Waals surface area contributed by atoms with Crippen LogP contribution in [0, 0.1) is 0 Å². The summed E-state index contributed by atoms with van der Waals surface area (Å²) in [4.78, 5) is 2.31. The average molecular weight is 739 g/mol. The summed E-state index contributed by atoms with van der Waals surface area (Å²) in [5, 5.41) is 0. The van der Waals surface area contributed by atoms with E-state index in [0.717, 1.165) is 66.2 Å². The van der Waals surface area contributed by atoms with E-state index in [0.29, 0.717) is 0 Å². The van der Waals surface area contributed by atoms with Crippen LogP contribution in [-0.4, -0.2) is 12.8 Å². The SMILES string of the molecule is CN1c2ccccc2C(C)(C)C12C=Cc1cc(-[n+]3c(-c4ccccc4)cc(-c4ccc(Br)cc4)cc3-c3ccccc3)cc(-c3ccccc3)c1O2. The molecule has 0 saturated carbocycles. The van der Waals surface area contributed by atoms with Gasteiger partial charge in [-0.25, -0.2) is 0 Å².